The molecule has 0 bridgehead atoms. The van der Waals surface area contributed by atoms with Crippen molar-refractivity contribution in [2.75, 3.05) is 19.7 Å². The smallest absolute Gasteiger partial charge is 0.161 e. The summed E-state index contributed by atoms with van der Waals surface area (Å²) in [6.45, 7) is 6.06. The highest BCUT2D eigenvalue weighted by atomic mass is 16.5. The van der Waals surface area contributed by atoms with Gasteiger partial charge in [0.15, 0.2) is 11.5 Å². The minimum absolute atomic E-state index is 0.00600. The summed E-state index contributed by atoms with van der Waals surface area (Å²) in [4.78, 5) is 3.87. The van der Waals surface area contributed by atoms with Gasteiger partial charge in [-0.2, -0.15) is 0 Å². The van der Waals surface area contributed by atoms with Crippen molar-refractivity contribution in [2.24, 2.45) is 17.3 Å². The first kappa shape index (κ1) is 33.2. The number of aromatic hydroxyl groups is 1. The number of hydrogen-bond acceptors (Lipinski definition) is 6. The number of H-pyrrole nitrogens is 1. The normalized spacial score (nSPS) is 22.6. The predicted molar refractivity (Wildman–Crippen MR) is 181 cm³/mol. The lowest BCUT2D eigenvalue weighted by atomic mass is 9.66. The van der Waals surface area contributed by atoms with E-state index in [0.717, 1.165) is 80.1 Å². The highest BCUT2D eigenvalue weighted by Crippen LogP contribution is 2.59. The number of aryl methyl sites for hydroxylation is 3. The summed E-state index contributed by atoms with van der Waals surface area (Å²) in [5.41, 5.74) is 6.54. The van der Waals surface area contributed by atoms with E-state index in [0.29, 0.717) is 36.2 Å². The number of fused-ring (bicyclic) bond motifs is 3. The number of rotatable bonds is 15. The van der Waals surface area contributed by atoms with Crippen molar-refractivity contribution in [2.45, 2.75) is 122 Å². The topological polar surface area (TPSA) is 111 Å². The van der Waals surface area contributed by atoms with Gasteiger partial charge < -0.3 is 34.8 Å². The molecule has 2 fully saturated rings. The molecule has 3 aliphatic carbocycles. The summed E-state index contributed by atoms with van der Waals surface area (Å²) in [5, 5.41) is 33.9. The Balaban J connectivity index is 1.11. The van der Waals surface area contributed by atoms with E-state index in [9.17, 15) is 15.3 Å². The van der Waals surface area contributed by atoms with Crippen LogP contribution in [0.1, 0.15) is 117 Å². The molecule has 0 saturated heterocycles. The zero-order valence-electron chi connectivity index (χ0n) is 28.1. The van der Waals surface area contributed by atoms with Gasteiger partial charge in [-0.25, -0.2) is 0 Å². The van der Waals surface area contributed by atoms with Crippen LogP contribution in [0.4, 0.5) is 0 Å². The van der Waals surface area contributed by atoms with Gasteiger partial charge in [-0.3, -0.25) is 0 Å². The van der Waals surface area contributed by atoms with Gasteiger partial charge in [0.05, 0.1) is 19.3 Å². The number of benzene rings is 1. The first-order valence-corrected chi connectivity index (χ1v) is 18.1. The van der Waals surface area contributed by atoms with Crippen molar-refractivity contribution in [3.05, 3.63) is 69.9 Å². The van der Waals surface area contributed by atoms with E-state index in [-0.39, 0.29) is 18.5 Å². The summed E-state index contributed by atoms with van der Waals surface area (Å²) < 4.78 is 12.3. The third-order valence-corrected chi connectivity index (χ3v) is 11.4. The van der Waals surface area contributed by atoms with Crippen LogP contribution in [0.15, 0.2) is 34.7 Å². The lowest BCUT2D eigenvalue weighted by Crippen LogP contribution is -2.36. The Morgan fingerprint density at radius 2 is 1.91 bits per heavy atom. The zero-order valence-corrected chi connectivity index (χ0v) is 28.1. The number of ether oxygens (including phenoxy) is 1. The Hall–Kier alpha value is -2.74. The van der Waals surface area contributed by atoms with Crippen LogP contribution in [-0.4, -0.2) is 46.1 Å². The molecule has 5 N–H and O–H groups in total. The molecule has 2 heterocycles. The molecule has 4 atom stereocenters. The van der Waals surface area contributed by atoms with E-state index in [4.69, 9.17) is 9.15 Å². The maximum absolute atomic E-state index is 10.6. The van der Waals surface area contributed by atoms with Crippen LogP contribution in [0.25, 0.3) is 0 Å². The van der Waals surface area contributed by atoms with Gasteiger partial charge in [-0.15, -0.1) is 0 Å². The molecule has 2 aromatic heterocycles. The van der Waals surface area contributed by atoms with Crippen LogP contribution in [-0.2, 0) is 38.7 Å². The van der Waals surface area contributed by atoms with Crippen molar-refractivity contribution < 1.29 is 24.5 Å². The molecule has 0 amide bonds. The number of aromatic nitrogens is 1. The molecular weight excluding hydrogens is 576 g/mol. The summed E-state index contributed by atoms with van der Waals surface area (Å²) >= 11 is 0. The van der Waals surface area contributed by atoms with Crippen LogP contribution in [0, 0.1) is 17.3 Å². The number of aromatic amines is 1. The fourth-order valence-electron chi connectivity index (χ4n) is 9.17. The van der Waals surface area contributed by atoms with Crippen LogP contribution in [0.3, 0.4) is 0 Å². The van der Waals surface area contributed by atoms with Crippen LogP contribution in [0.5, 0.6) is 11.5 Å². The molecule has 6 rings (SSSR count). The monoisotopic (exact) mass is 632 g/mol. The second-order valence-corrected chi connectivity index (χ2v) is 14.6. The lowest BCUT2D eigenvalue weighted by molar-refractivity contribution is 0.116. The van der Waals surface area contributed by atoms with Crippen molar-refractivity contribution >= 4 is 0 Å². The number of hydrogen-bond donors (Lipinski definition) is 5. The van der Waals surface area contributed by atoms with E-state index in [1.54, 1.807) is 6.07 Å². The Labute approximate surface area is 275 Å². The predicted octanol–water partition coefficient (Wildman–Crippen LogP) is 7.14. The van der Waals surface area contributed by atoms with Crippen LogP contribution >= 0.6 is 0 Å². The van der Waals surface area contributed by atoms with E-state index in [2.05, 4.69) is 23.3 Å². The molecule has 3 aliphatic rings. The van der Waals surface area contributed by atoms with E-state index >= 15 is 0 Å². The van der Waals surface area contributed by atoms with Gasteiger partial charge in [-0.1, -0.05) is 38.7 Å². The average Bonchev–Trinajstić information content (AvgIpc) is 3.85. The quantitative estimate of drug-likeness (QED) is 0.122. The van der Waals surface area contributed by atoms with Gasteiger partial charge in [0, 0.05) is 55.2 Å². The number of nitrogens with one attached hydrogen (secondary N) is 2. The number of phenols is 1. The molecule has 0 radical (unpaired) electrons. The number of aliphatic hydroxyl groups excluding tert-OH is 2. The molecule has 3 aromatic rings. The molecule has 0 aliphatic heterocycles. The Morgan fingerprint density at radius 1 is 1.07 bits per heavy atom. The van der Waals surface area contributed by atoms with Gasteiger partial charge in [0.1, 0.15) is 11.5 Å². The number of unbranched alkanes of at least 4 members (excludes halogenated alkanes) is 1. The maximum atomic E-state index is 10.6. The van der Waals surface area contributed by atoms with Gasteiger partial charge in [-0.05, 0) is 105 Å². The molecule has 252 valence electrons. The first-order valence-electron chi connectivity index (χ1n) is 18.1. The second-order valence-electron chi connectivity index (χ2n) is 14.6. The average molecular weight is 633 g/mol. The zero-order chi connectivity index (χ0) is 32.1. The molecule has 1 spiro atoms. The Morgan fingerprint density at radius 3 is 2.70 bits per heavy atom. The SMILES string of the molecule is CCCCc1oc(CCc2ccc(O)c(OCCc3cc4c([nH]3)CC3(CCCC3)[C@@H]3CCC[C@@H]3[C@@H]4CNC[C@H](C)O)c2)cc1CO. The minimum Gasteiger partial charge on any atom is -0.504 e. The molecule has 7 nitrogen and oxygen atoms in total. The molecule has 0 unspecified atom stereocenters. The molecule has 1 aromatic carbocycles. The van der Waals surface area contributed by atoms with Crippen molar-refractivity contribution in [1.82, 2.24) is 10.3 Å². The fraction of sp³-hybridized carbons (Fsp3) is 0.641. The van der Waals surface area contributed by atoms with Crippen molar-refractivity contribution in [3.8, 4) is 11.5 Å². The second kappa shape index (κ2) is 15.0. The van der Waals surface area contributed by atoms with E-state index in [1.807, 2.05) is 25.1 Å². The lowest BCUT2D eigenvalue weighted by Gasteiger charge is -2.39. The molecule has 46 heavy (non-hydrogen) atoms. The Bertz CT molecular complexity index is 1420. The third kappa shape index (κ3) is 7.37. The van der Waals surface area contributed by atoms with Crippen molar-refractivity contribution in [3.63, 3.8) is 0 Å². The Kier molecular flexibility index (Phi) is 10.8. The van der Waals surface area contributed by atoms with Crippen LogP contribution in [0.2, 0.25) is 0 Å². The standard InChI is InChI=1S/C39H56N2O5/c1-3-4-10-37-28(25-42)20-30(46-37)13-11-27-12-14-36(44)38(19-27)45-18-15-29-21-32-33(24-40-23-26(2)43)31-8-7-9-34(31)39(16-5-6-17-39)22-35(32)41-29/h12,14,19-21,26,31,33-34,40-44H,3-11,13,15-18,22-25H2,1-2H3/t26-,31+,33-,34+/m0/s1. The summed E-state index contributed by atoms with van der Waals surface area (Å²) in [6.07, 6.45) is 15.5. The first-order chi connectivity index (χ1) is 22.4. The van der Waals surface area contributed by atoms with Crippen molar-refractivity contribution in [1.29, 1.82) is 0 Å². The summed E-state index contributed by atoms with van der Waals surface area (Å²) in [5.74, 6) is 4.46. The molecular formula is C39H56N2O5. The molecule has 7 heteroatoms. The fourth-order valence-corrected chi connectivity index (χ4v) is 9.17. The highest BCUT2D eigenvalue weighted by Gasteiger charge is 2.51. The van der Waals surface area contributed by atoms with Crippen LogP contribution < -0.4 is 10.1 Å². The minimum atomic E-state index is -0.340. The maximum Gasteiger partial charge on any atom is 0.161 e. The third-order valence-electron chi connectivity index (χ3n) is 11.4. The largest absolute Gasteiger partial charge is 0.504 e. The van der Waals surface area contributed by atoms with Gasteiger partial charge >= 0.3 is 0 Å². The highest BCUT2D eigenvalue weighted by molar-refractivity contribution is 5.42. The van der Waals surface area contributed by atoms with Gasteiger partial charge in [0.2, 0.25) is 0 Å². The number of phenolic OH excluding ortho intramolecular Hbond substituents is 1. The molecule has 2 saturated carbocycles. The number of furan rings is 1. The van der Waals surface area contributed by atoms with E-state index < -0.39 is 0 Å². The van der Waals surface area contributed by atoms with E-state index in [1.165, 1.54) is 61.9 Å². The van der Waals surface area contributed by atoms with Gasteiger partial charge in [0.25, 0.3) is 0 Å². The summed E-state index contributed by atoms with van der Waals surface area (Å²) in [6, 6.07) is 10.0. The summed E-state index contributed by atoms with van der Waals surface area (Å²) in [7, 11) is 0. The number of aliphatic hydroxyl groups is 2.